The van der Waals surface area contributed by atoms with Crippen LogP contribution in [-0.4, -0.2) is 52.3 Å². The molecule has 146 valence electrons. The summed E-state index contributed by atoms with van der Waals surface area (Å²) in [6, 6.07) is 6.26. The maximum Gasteiger partial charge on any atom is 0.265 e. The Labute approximate surface area is 165 Å². The summed E-state index contributed by atoms with van der Waals surface area (Å²) in [5, 5.41) is 0. The predicted molar refractivity (Wildman–Crippen MR) is 103 cm³/mol. The highest BCUT2D eigenvalue weighted by molar-refractivity contribution is 7.19. The molecule has 3 aromatic rings. The van der Waals surface area contributed by atoms with Crippen LogP contribution >= 0.6 is 11.3 Å². The van der Waals surface area contributed by atoms with Gasteiger partial charge in [-0.1, -0.05) is 11.3 Å². The molecular weight excluding hydrogens is 381 g/mol. The number of fused-ring (bicyclic) bond motifs is 1. The molecule has 2 aliphatic heterocycles. The topological polar surface area (TPSA) is 56.1 Å². The fourth-order valence-corrected chi connectivity index (χ4v) is 4.97. The van der Waals surface area contributed by atoms with E-state index in [-0.39, 0.29) is 11.7 Å². The molecule has 1 aromatic carbocycles. The maximum absolute atomic E-state index is 13.1. The molecular formula is C20H20FN3O3S. The van der Waals surface area contributed by atoms with Gasteiger partial charge in [0.15, 0.2) is 10.7 Å². The van der Waals surface area contributed by atoms with Gasteiger partial charge in [-0.2, -0.15) is 0 Å². The Morgan fingerprint density at radius 1 is 1.18 bits per heavy atom. The van der Waals surface area contributed by atoms with E-state index in [1.807, 2.05) is 22.4 Å². The zero-order chi connectivity index (χ0) is 19.3. The van der Waals surface area contributed by atoms with Crippen LogP contribution in [0.25, 0.3) is 16.2 Å². The van der Waals surface area contributed by atoms with Gasteiger partial charge in [0.1, 0.15) is 10.7 Å². The van der Waals surface area contributed by atoms with E-state index in [2.05, 4.69) is 4.98 Å². The lowest BCUT2D eigenvalue weighted by molar-refractivity contribution is -0.181. The van der Waals surface area contributed by atoms with Crippen molar-refractivity contribution < 1.29 is 18.7 Å². The highest BCUT2D eigenvalue weighted by atomic mass is 32.1. The second-order valence-corrected chi connectivity index (χ2v) is 8.18. The van der Waals surface area contributed by atoms with Crippen molar-refractivity contribution in [1.82, 2.24) is 14.3 Å². The predicted octanol–water partition coefficient (Wildman–Crippen LogP) is 3.49. The number of thiazole rings is 1. The molecule has 28 heavy (non-hydrogen) atoms. The van der Waals surface area contributed by atoms with Gasteiger partial charge in [0, 0.05) is 43.4 Å². The van der Waals surface area contributed by atoms with Gasteiger partial charge >= 0.3 is 0 Å². The van der Waals surface area contributed by atoms with E-state index in [0.29, 0.717) is 44.0 Å². The van der Waals surface area contributed by atoms with E-state index in [1.165, 1.54) is 23.5 Å². The first-order valence-corrected chi connectivity index (χ1v) is 10.2. The monoisotopic (exact) mass is 401 g/mol. The molecule has 0 aliphatic carbocycles. The number of hydrogen-bond donors (Lipinski definition) is 0. The Kier molecular flexibility index (Phi) is 4.22. The molecule has 1 spiro atoms. The molecule has 0 saturated carbocycles. The summed E-state index contributed by atoms with van der Waals surface area (Å²) in [5.74, 6) is -0.727. The molecule has 0 bridgehead atoms. The van der Waals surface area contributed by atoms with Crippen molar-refractivity contribution in [2.75, 3.05) is 26.3 Å². The van der Waals surface area contributed by atoms with Crippen molar-refractivity contribution in [2.24, 2.45) is 0 Å². The summed E-state index contributed by atoms with van der Waals surface area (Å²) in [6.45, 7) is 4.44. The van der Waals surface area contributed by atoms with Crippen molar-refractivity contribution in [3.8, 4) is 11.3 Å². The number of aryl methyl sites for hydroxylation is 1. The number of amides is 1. The third-order valence-corrected chi connectivity index (χ3v) is 6.66. The van der Waals surface area contributed by atoms with Gasteiger partial charge in [0.2, 0.25) is 0 Å². The van der Waals surface area contributed by atoms with Gasteiger partial charge in [-0.05, 0) is 31.2 Å². The molecule has 1 amide bonds. The molecule has 2 saturated heterocycles. The fourth-order valence-electron chi connectivity index (χ4n) is 3.89. The Morgan fingerprint density at radius 2 is 1.86 bits per heavy atom. The van der Waals surface area contributed by atoms with Crippen LogP contribution in [0.5, 0.6) is 0 Å². The van der Waals surface area contributed by atoms with Gasteiger partial charge in [-0.15, -0.1) is 0 Å². The lowest BCUT2D eigenvalue weighted by Crippen LogP contribution is -2.47. The summed E-state index contributed by atoms with van der Waals surface area (Å²) in [5.41, 5.74) is 2.49. The number of halogens is 1. The number of nitrogens with zero attached hydrogens (tertiary/aromatic N) is 3. The average molecular weight is 401 g/mol. The molecule has 5 rings (SSSR count). The Morgan fingerprint density at radius 3 is 2.50 bits per heavy atom. The van der Waals surface area contributed by atoms with E-state index in [0.717, 1.165) is 21.9 Å². The largest absolute Gasteiger partial charge is 0.347 e. The Hall–Kier alpha value is -2.29. The van der Waals surface area contributed by atoms with Gasteiger partial charge in [0.05, 0.1) is 18.9 Å². The number of aromatic nitrogens is 2. The van der Waals surface area contributed by atoms with Gasteiger partial charge in [-0.25, -0.2) is 9.37 Å². The Bertz CT molecular complexity index is 1030. The summed E-state index contributed by atoms with van der Waals surface area (Å²) < 4.78 is 26.6. The number of rotatable bonds is 2. The van der Waals surface area contributed by atoms with Crippen molar-refractivity contribution in [3.63, 3.8) is 0 Å². The first-order chi connectivity index (χ1) is 13.5. The van der Waals surface area contributed by atoms with Crippen molar-refractivity contribution >= 4 is 22.2 Å². The standard InChI is InChI=1S/C20H20FN3O3S/c1-13-17(18(25)23-8-6-20(7-9-23)26-10-11-27-20)28-19-22-16(12-24(13)19)14-2-4-15(21)5-3-14/h2-5,12H,6-11H2,1H3. The van der Waals surface area contributed by atoms with Crippen LogP contribution in [0, 0.1) is 12.7 Å². The Balaban J connectivity index is 1.37. The molecule has 0 atom stereocenters. The summed E-state index contributed by atoms with van der Waals surface area (Å²) >= 11 is 1.39. The fraction of sp³-hybridized carbons (Fsp3) is 0.400. The zero-order valence-corrected chi connectivity index (χ0v) is 16.3. The van der Waals surface area contributed by atoms with Crippen LogP contribution in [0.1, 0.15) is 28.2 Å². The third kappa shape index (κ3) is 2.92. The van der Waals surface area contributed by atoms with Crippen LogP contribution in [0.2, 0.25) is 0 Å². The smallest absolute Gasteiger partial charge is 0.265 e. The number of likely N-dealkylation sites (tertiary alicyclic amines) is 1. The second kappa shape index (κ2) is 6.65. The molecule has 2 aliphatic rings. The zero-order valence-electron chi connectivity index (χ0n) is 15.5. The second-order valence-electron chi connectivity index (χ2n) is 7.20. The number of benzene rings is 1. The van der Waals surface area contributed by atoms with Crippen molar-refractivity contribution in [3.05, 3.63) is 46.9 Å². The van der Waals surface area contributed by atoms with Gasteiger partial charge in [-0.3, -0.25) is 9.20 Å². The summed E-state index contributed by atoms with van der Waals surface area (Å²) in [4.78, 5) is 21.0. The number of carbonyl (C=O) groups excluding carboxylic acids is 1. The summed E-state index contributed by atoms with van der Waals surface area (Å²) in [7, 11) is 0. The molecule has 8 heteroatoms. The molecule has 2 aromatic heterocycles. The molecule has 0 unspecified atom stereocenters. The van der Waals surface area contributed by atoms with Gasteiger partial charge < -0.3 is 14.4 Å². The molecule has 2 fully saturated rings. The van der Waals surface area contributed by atoms with E-state index in [4.69, 9.17) is 9.47 Å². The lowest BCUT2D eigenvalue weighted by Gasteiger charge is -2.37. The molecule has 0 radical (unpaired) electrons. The lowest BCUT2D eigenvalue weighted by atomic mass is 10.0. The molecule has 0 N–H and O–H groups in total. The minimum atomic E-state index is -0.486. The summed E-state index contributed by atoms with van der Waals surface area (Å²) in [6.07, 6.45) is 3.31. The number of imidazole rings is 1. The van der Waals surface area contributed by atoms with Crippen LogP contribution < -0.4 is 0 Å². The number of piperidine rings is 1. The van der Waals surface area contributed by atoms with Crippen LogP contribution in [0.4, 0.5) is 4.39 Å². The normalized spacial score (nSPS) is 19.0. The number of ether oxygens (including phenoxy) is 2. The molecule has 6 nitrogen and oxygen atoms in total. The van der Waals surface area contributed by atoms with Gasteiger partial charge in [0.25, 0.3) is 5.91 Å². The minimum absolute atomic E-state index is 0.0316. The minimum Gasteiger partial charge on any atom is -0.347 e. The van der Waals surface area contributed by atoms with Crippen LogP contribution in [0.15, 0.2) is 30.5 Å². The average Bonchev–Trinajstić information content (AvgIpc) is 3.40. The first kappa shape index (κ1) is 17.8. The van der Waals surface area contributed by atoms with Crippen molar-refractivity contribution in [2.45, 2.75) is 25.6 Å². The van der Waals surface area contributed by atoms with E-state index in [1.54, 1.807) is 12.1 Å². The highest BCUT2D eigenvalue weighted by Crippen LogP contribution is 2.33. The quantitative estimate of drug-likeness (QED) is 0.660. The number of carbonyl (C=O) groups is 1. The highest BCUT2D eigenvalue weighted by Gasteiger charge is 2.41. The van der Waals surface area contributed by atoms with Crippen LogP contribution in [0.3, 0.4) is 0 Å². The van der Waals surface area contributed by atoms with E-state index < -0.39 is 5.79 Å². The number of hydrogen-bond acceptors (Lipinski definition) is 5. The van der Waals surface area contributed by atoms with E-state index >= 15 is 0 Å². The van der Waals surface area contributed by atoms with Crippen molar-refractivity contribution in [1.29, 1.82) is 0 Å². The maximum atomic E-state index is 13.1. The van der Waals surface area contributed by atoms with Crippen LogP contribution in [-0.2, 0) is 9.47 Å². The van der Waals surface area contributed by atoms with E-state index in [9.17, 15) is 9.18 Å². The first-order valence-electron chi connectivity index (χ1n) is 9.36. The third-order valence-electron chi connectivity index (χ3n) is 5.52. The molecule has 4 heterocycles. The SMILES string of the molecule is Cc1c(C(=O)N2CCC3(CC2)OCCO3)sc2nc(-c3ccc(F)cc3)cn12.